The Morgan fingerprint density at radius 1 is 1.23 bits per heavy atom. The molecular weight excluding hydrogens is 483 g/mol. The molecule has 0 saturated carbocycles. The molecule has 180 valence electrons. The Kier molecular flexibility index (Phi) is 6.46. The lowest BCUT2D eigenvalue weighted by molar-refractivity contribution is -0.122. The van der Waals surface area contributed by atoms with E-state index in [1.807, 2.05) is 19.1 Å². The fourth-order valence-electron chi connectivity index (χ4n) is 4.59. The van der Waals surface area contributed by atoms with E-state index in [4.69, 9.17) is 17.2 Å². The van der Waals surface area contributed by atoms with Gasteiger partial charge in [0.2, 0.25) is 0 Å². The zero-order valence-electron chi connectivity index (χ0n) is 19.5. The molecule has 1 unspecified atom stereocenters. The van der Waals surface area contributed by atoms with Gasteiger partial charge in [-0.2, -0.15) is 0 Å². The van der Waals surface area contributed by atoms with E-state index < -0.39 is 0 Å². The highest BCUT2D eigenvalue weighted by molar-refractivity contribution is 8.26. The maximum atomic E-state index is 13.7. The highest BCUT2D eigenvalue weighted by atomic mass is 32.2. The SMILES string of the molecule is Cc1cccn2c(=O)c(C=C3SC(=S)N(Cc4ccc(F)cc4)C3=O)c(N3CCCC(C)C3)nc12. The van der Waals surface area contributed by atoms with Gasteiger partial charge >= 0.3 is 0 Å². The quantitative estimate of drug-likeness (QED) is 0.374. The molecule has 4 heterocycles. The van der Waals surface area contributed by atoms with Gasteiger partial charge in [0.05, 0.1) is 17.0 Å². The Morgan fingerprint density at radius 3 is 2.74 bits per heavy atom. The standard InChI is InChI=1S/C26H25FN4O2S2/c1-16-5-3-11-29(14-16)23-20(24(32)30-12-4-6-17(2)22(30)28-23)13-21-25(33)31(26(34)35-21)15-18-7-9-19(27)10-8-18/h4,6-10,12-13,16H,3,5,11,14-15H2,1-2H3. The van der Waals surface area contributed by atoms with E-state index in [1.54, 1.807) is 24.4 Å². The fraction of sp³-hybridized carbons (Fsp3) is 0.308. The average Bonchev–Trinajstić information content (AvgIpc) is 3.10. The van der Waals surface area contributed by atoms with Crippen molar-refractivity contribution in [3.05, 3.63) is 80.4 Å². The van der Waals surface area contributed by atoms with Crippen LogP contribution in [0.2, 0.25) is 0 Å². The number of anilines is 1. The van der Waals surface area contributed by atoms with Crippen LogP contribution in [0.4, 0.5) is 10.2 Å². The van der Waals surface area contributed by atoms with Crippen LogP contribution < -0.4 is 10.5 Å². The van der Waals surface area contributed by atoms with Crippen LogP contribution in [0.3, 0.4) is 0 Å². The number of hydrogen-bond acceptors (Lipinski definition) is 6. The molecule has 0 N–H and O–H groups in total. The summed E-state index contributed by atoms with van der Waals surface area (Å²) in [5.74, 6) is 0.497. The number of aryl methyl sites for hydroxylation is 1. The van der Waals surface area contributed by atoms with Gasteiger partial charge in [0.1, 0.15) is 21.6 Å². The van der Waals surface area contributed by atoms with Gasteiger partial charge in [0.25, 0.3) is 11.5 Å². The van der Waals surface area contributed by atoms with Gasteiger partial charge in [-0.15, -0.1) is 0 Å². The van der Waals surface area contributed by atoms with Crippen LogP contribution in [-0.2, 0) is 11.3 Å². The van der Waals surface area contributed by atoms with Crippen molar-refractivity contribution in [2.75, 3.05) is 18.0 Å². The van der Waals surface area contributed by atoms with Crippen LogP contribution in [0.15, 0.2) is 52.3 Å². The summed E-state index contributed by atoms with van der Waals surface area (Å²) in [5.41, 5.74) is 2.48. The highest BCUT2D eigenvalue weighted by Gasteiger charge is 2.33. The molecule has 2 aromatic heterocycles. The van der Waals surface area contributed by atoms with Gasteiger partial charge in [-0.3, -0.25) is 18.9 Å². The van der Waals surface area contributed by atoms with Crippen molar-refractivity contribution in [3.8, 4) is 0 Å². The minimum Gasteiger partial charge on any atom is -0.356 e. The Hall–Kier alpha value is -3.04. The number of piperidine rings is 1. The third-order valence-electron chi connectivity index (χ3n) is 6.42. The first-order valence-electron chi connectivity index (χ1n) is 11.6. The smallest absolute Gasteiger partial charge is 0.267 e. The summed E-state index contributed by atoms with van der Waals surface area (Å²) in [4.78, 5) is 35.9. The molecule has 6 nitrogen and oxygen atoms in total. The second-order valence-electron chi connectivity index (χ2n) is 9.13. The second-order valence-corrected chi connectivity index (χ2v) is 10.8. The number of thiocarbonyl (C=S) groups is 1. The van der Waals surface area contributed by atoms with Gasteiger partial charge in [-0.1, -0.05) is 49.1 Å². The van der Waals surface area contributed by atoms with Gasteiger partial charge in [-0.25, -0.2) is 9.37 Å². The third-order valence-corrected chi connectivity index (χ3v) is 7.80. The van der Waals surface area contributed by atoms with Crippen molar-refractivity contribution >= 4 is 51.7 Å². The number of thioether (sulfide) groups is 1. The number of pyridine rings is 1. The summed E-state index contributed by atoms with van der Waals surface area (Å²) in [6, 6.07) is 9.74. The van der Waals surface area contributed by atoms with Crippen LogP contribution in [0, 0.1) is 18.7 Å². The second kappa shape index (κ2) is 9.54. The number of amides is 1. The van der Waals surface area contributed by atoms with E-state index >= 15 is 0 Å². The lowest BCUT2D eigenvalue weighted by atomic mass is 10.00. The van der Waals surface area contributed by atoms with Crippen molar-refractivity contribution in [2.45, 2.75) is 33.2 Å². The Bertz CT molecular complexity index is 1420. The topological polar surface area (TPSA) is 57.9 Å². The molecule has 0 radical (unpaired) electrons. The molecule has 9 heteroatoms. The molecule has 2 aliphatic rings. The van der Waals surface area contributed by atoms with E-state index in [0.29, 0.717) is 32.2 Å². The number of aromatic nitrogens is 2. The number of rotatable bonds is 4. The predicted molar refractivity (Wildman–Crippen MR) is 142 cm³/mol. The number of carbonyl (C=O) groups is 1. The Labute approximate surface area is 212 Å². The first kappa shape index (κ1) is 23.7. The van der Waals surface area contributed by atoms with Crippen molar-refractivity contribution in [2.24, 2.45) is 5.92 Å². The lowest BCUT2D eigenvalue weighted by Crippen LogP contribution is -2.37. The fourth-order valence-corrected chi connectivity index (χ4v) is 5.83. The summed E-state index contributed by atoms with van der Waals surface area (Å²) in [7, 11) is 0. The van der Waals surface area contributed by atoms with E-state index in [1.165, 1.54) is 33.2 Å². The van der Waals surface area contributed by atoms with Crippen molar-refractivity contribution < 1.29 is 9.18 Å². The number of carbonyl (C=O) groups excluding carboxylic acids is 1. The number of benzene rings is 1. The molecule has 3 aromatic rings. The van der Waals surface area contributed by atoms with Gasteiger partial charge in [-0.05, 0) is 61.1 Å². The first-order chi connectivity index (χ1) is 16.8. The zero-order valence-corrected chi connectivity index (χ0v) is 21.2. The van der Waals surface area contributed by atoms with E-state index in [2.05, 4.69) is 11.8 Å². The summed E-state index contributed by atoms with van der Waals surface area (Å²) in [6.07, 6.45) is 5.51. The molecule has 35 heavy (non-hydrogen) atoms. The van der Waals surface area contributed by atoms with Crippen molar-refractivity contribution in [1.29, 1.82) is 0 Å². The van der Waals surface area contributed by atoms with Gasteiger partial charge in [0.15, 0.2) is 0 Å². The number of halogens is 1. The molecule has 0 spiro atoms. The lowest BCUT2D eigenvalue weighted by Gasteiger charge is -2.32. The predicted octanol–water partition coefficient (Wildman–Crippen LogP) is 4.78. The third kappa shape index (κ3) is 4.62. The highest BCUT2D eigenvalue weighted by Crippen LogP contribution is 2.35. The molecule has 5 rings (SSSR count). The molecular formula is C26H25FN4O2S2. The largest absolute Gasteiger partial charge is 0.356 e. The number of nitrogens with zero attached hydrogens (tertiary/aromatic N) is 4. The van der Waals surface area contributed by atoms with Crippen LogP contribution in [0.25, 0.3) is 11.7 Å². The minimum absolute atomic E-state index is 0.212. The first-order valence-corrected chi connectivity index (χ1v) is 12.8. The van der Waals surface area contributed by atoms with Crippen molar-refractivity contribution in [3.63, 3.8) is 0 Å². The van der Waals surface area contributed by atoms with Crippen LogP contribution in [-0.4, -0.2) is 37.6 Å². The minimum atomic E-state index is -0.335. The van der Waals surface area contributed by atoms with Crippen LogP contribution >= 0.6 is 24.0 Å². The monoisotopic (exact) mass is 508 g/mol. The van der Waals surface area contributed by atoms with Gasteiger partial charge in [0, 0.05) is 19.3 Å². The van der Waals surface area contributed by atoms with E-state index in [0.717, 1.165) is 37.1 Å². The molecule has 1 amide bonds. The molecule has 1 atom stereocenters. The van der Waals surface area contributed by atoms with E-state index in [9.17, 15) is 14.0 Å². The zero-order chi connectivity index (χ0) is 24.7. The molecule has 2 aliphatic heterocycles. The molecule has 2 fully saturated rings. The number of fused-ring (bicyclic) bond motifs is 1. The average molecular weight is 509 g/mol. The summed E-state index contributed by atoms with van der Waals surface area (Å²) < 4.78 is 15.2. The summed E-state index contributed by atoms with van der Waals surface area (Å²) >= 11 is 6.65. The van der Waals surface area contributed by atoms with Gasteiger partial charge < -0.3 is 4.90 Å². The summed E-state index contributed by atoms with van der Waals surface area (Å²) in [6.45, 7) is 6.00. The Morgan fingerprint density at radius 2 is 2.00 bits per heavy atom. The maximum absolute atomic E-state index is 13.7. The Balaban J connectivity index is 1.57. The van der Waals surface area contributed by atoms with Crippen LogP contribution in [0.5, 0.6) is 0 Å². The maximum Gasteiger partial charge on any atom is 0.267 e. The van der Waals surface area contributed by atoms with Crippen LogP contribution in [0.1, 0.15) is 36.5 Å². The molecule has 2 saturated heterocycles. The molecule has 0 aliphatic carbocycles. The molecule has 0 bridgehead atoms. The van der Waals surface area contributed by atoms with E-state index in [-0.39, 0.29) is 23.8 Å². The van der Waals surface area contributed by atoms with Crippen molar-refractivity contribution in [1.82, 2.24) is 14.3 Å². The normalized spacial score (nSPS) is 19.9. The number of hydrogen-bond donors (Lipinski definition) is 0. The summed E-state index contributed by atoms with van der Waals surface area (Å²) in [5, 5.41) is 0. The molecule has 1 aromatic carbocycles.